The Morgan fingerprint density at radius 3 is 2.65 bits per heavy atom. The van der Waals surface area contributed by atoms with Crippen molar-refractivity contribution < 1.29 is 9.53 Å². The molecule has 5 heteroatoms. The minimum atomic E-state index is -0.431. The largest absolute Gasteiger partial charge is 0.444 e. The molecule has 4 nitrogen and oxygen atoms in total. The standard InChI is InChI=1S/C15H24N2O2S/c1-10(13-6-5-7-20-13)16-11-8-12(9-11)17-14(18)19-15(2,3)4/h5-7,10-12,16H,8-9H2,1-4H3,(H,17,18)/t10-,11?,12?/m0/s1. The average Bonchev–Trinajstić information content (AvgIpc) is 2.76. The first-order valence-corrected chi connectivity index (χ1v) is 8.00. The van der Waals surface area contributed by atoms with Crippen LogP contribution in [-0.4, -0.2) is 23.8 Å². The SMILES string of the molecule is C[C@H](NC1CC(NC(=O)OC(C)(C)C)C1)c1cccs1. The van der Waals surface area contributed by atoms with E-state index in [0.717, 1.165) is 12.8 Å². The van der Waals surface area contributed by atoms with Gasteiger partial charge in [0.05, 0.1) is 0 Å². The van der Waals surface area contributed by atoms with Gasteiger partial charge in [0, 0.05) is 23.0 Å². The van der Waals surface area contributed by atoms with E-state index in [2.05, 4.69) is 35.1 Å². The van der Waals surface area contributed by atoms with Gasteiger partial charge in [-0.15, -0.1) is 11.3 Å². The van der Waals surface area contributed by atoms with Crippen molar-refractivity contribution in [2.45, 2.75) is 64.3 Å². The lowest BCUT2D eigenvalue weighted by molar-refractivity contribution is 0.0463. The van der Waals surface area contributed by atoms with E-state index in [9.17, 15) is 4.79 Å². The van der Waals surface area contributed by atoms with Crippen LogP contribution in [0.25, 0.3) is 0 Å². The molecule has 1 saturated carbocycles. The van der Waals surface area contributed by atoms with Crippen molar-refractivity contribution in [1.29, 1.82) is 0 Å². The predicted octanol–water partition coefficient (Wildman–Crippen LogP) is 3.45. The highest BCUT2D eigenvalue weighted by Crippen LogP contribution is 2.25. The first-order chi connectivity index (χ1) is 9.33. The number of nitrogens with one attached hydrogen (secondary N) is 2. The zero-order chi connectivity index (χ0) is 14.8. The number of hydrogen-bond donors (Lipinski definition) is 2. The molecule has 0 bridgehead atoms. The highest BCUT2D eigenvalue weighted by Gasteiger charge is 2.32. The predicted molar refractivity (Wildman–Crippen MR) is 82.0 cm³/mol. The van der Waals surface area contributed by atoms with Crippen LogP contribution in [0.15, 0.2) is 17.5 Å². The van der Waals surface area contributed by atoms with E-state index in [-0.39, 0.29) is 12.1 Å². The van der Waals surface area contributed by atoms with Crippen LogP contribution < -0.4 is 10.6 Å². The Bertz CT molecular complexity index is 433. The fourth-order valence-electron chi connectivity index (χ4n) is 2.32. The van der Waals surface area contributed by atoms with Crippen molar-refractivity contribution in [1.82, 2.24) is 10.6 Å². The quantitative estimate of drug-likeness (QED) is 0.894. The monoisotopic (exact) mass is 296 g/mol. The molecule has 0 aromatic carbocycles. The number of ether oxygens (including phenoxy) is 1. The third-order valence-corrected chi connectivity index (χ3v) is 4.37. The summed E-state index contributed by atoms with van der Waals surface area (Å²) in [5.41, 5.74) is -0.431. The summed E-state index contributed by atoms with van der Waals surface area (Å²) in [6.45, 7) is 7.81. The summed E-state index contributed by atoms with van der Waals surface area (Å²) < 4.78 is 5.25. The second-order valence-corrected chi connectivity index (χ2v) is 7.39. The number of rotatable bonds is 4. The van der Waals surface area contributed by atoms with Crippen LogP contribution in [0, 0.1) is 0 Å². The molecule has 112 valence electrons. The van der Waals surface area contributed by atoms with Crippen LogP contribution >= 0.6 is 11.3 Å². The topological polar surface area (TPSA) is 50.4 Å². The number of carbonyl (C=O) groups excluding carboxylic acids is 1. The van der Waals surface area contributed by atoms with Crippen LogP contribution in [0.1, 0.15) is 51.5 Å². The summed E-state index contributed by atoms with van der Waals surface area (Å²) in [6, 6.07) is 5.32. The number of amides is 1. The lowest BCUT2D eigenvalue weighted by Crippen LogP contribution is -2.53. The molecule has 2 N–H and O–H groups in total. The molecule has 1 atom stereocenters. The second-order valence-electron chi connectivity index (χ2n) is 6.42. The van der Waals surface area contributed by atoms with Gasteiger partial charge in [-0.1, -0.05) is 6.07 Å². The second kappa shape index (κ2) is 6.14. The van der Waals surface area contributed by atoms with Crippen LogP contribution in [-0.2, 0) is 4.74 Å². The van der Waals surface area contributed by atoms with Gasteiger partial charge < -0.3 is 15.4 Å². The van der Waals surface area contributed by atoms with Gasteiger partial charge in [0.1, 0.15) is 5.60 Å². The normalized spacial score (nSPS) is 23.8. The molecular weight excluding hydrogens is 272 g/mol. The van der Waals surface area contributed by atoms with Crippen molar-refractivity contribution in [3.05, 3.63) is 22.4 Å². The summed E-state index contributed by atoms with van der Waals surface area (Å²) in [6.07, 6.45) is 1.62. The highest BCUT2D eigenvalue weighted by molar-refractivity contribution is 7.10. The summed E-state index contributed by atoms with van der Waals surface area (Å²) >= 11 is 1.77. The number of carbonyl (C=O) groups is 1. The van der Waals surface area contributed by atoms with E-state index in [4.69, 9.17) is 4.74 Å². The fourth-order valence-corrected chi connectivity index (χ4v) is 3.06. The summed E-state index contributed by atoms with van der Waals surface area (Å²) in [5.74, 6) is 0. The molecule has 2 rings (SSSR count). The highest BCUT2D eigenvalue weighted by atomic mass is 32.1. The Balaban J connectivity index is 1.66. The zero-order valence-corrected chi connectivity index (χ0v) is 13.4. The molecule has 1 aromatic rings. The van der Waals surface area contributed by atoms with Gasteiger partial charge in [-0.05, 0) is 52.0 Å². The van der Waals surface area contributed by atoms with Crippen LogP contribution in [0.3, 0.4) is 0 Å². The summed E-state index contributed by atoms with van der Waals surface area (Å²) in [7, 11) is 0. The molecule has 1 aliphatic carbocycles. The van der Waals surface area contributed by atoms with Gasteiger partial charge in [-0.3, -0.25) is 0 Å². The maximum Gasteiger partial charge on any atom is 0.407 e. The molecule has 0 unspecified atom stereocenters. The smallest absolute Gasteiger partial charge is 0.407 e. The van der Waals surface area contributed by atoms with E-state index in [1.54, 1.807) is 11.3 Å². The summed E-state index contributed by atoms with van der Waals surface area (Å²) in [5, 5.41) is 8.60. The van der Waals surface area contributed by atoms with E-state index >= 15 is 0 Å². The van der Waals surface area contributed by atoms with Crippen LogP contribution in [0.2, 0.25) is 0 Å². The molecule has 1 heterocycles. The number of hydrogen-bond acceptors (Lipinski definition) is 4. The summed E-state index contributed by atoms with van der Waals surface area (Å²) in [4.78, 5) is 13.0. The third kappa shape index (κ3) is 4.49. The third-order valence-electron chi connectivity index (χ3n) is 3.31. The van der Waals surface area contributed by atoms with E-state index in [1.165, 1.54) is 4.88 Å². The van der Waals surface area contributed by atoms with Gasteiger partial charge in [0.15, 0.2) is 0 Å². The maximum atomic E-state index is 11.6. The Labute approximate surface area is 124 Å². The molecular formula is C15H24N2O2S. The van der Waals surface area contributed by atoms with Crippen molar-refractivity contribution in [2.75, 3.05) is 0 Å². The molecule has 0 aliphatic heterocycles. The van der Waals surface area contributed by atoms with Crippen molar-refractivity contribution in [2.24, 2.45) is 0 Å². The molecule has 20 heavy (non-hydrogen) atoms. The van der Waals surface area contributed by atoms with Gasteiger partial charge in [-0.2, -0.15) is 0 Å². The van der Waals surface area contributed by atoms with E-state index < -0.39 is 5.60 Å². The molecule has 1 amide bonds. The first kappa shape index (κ1) is 15.3. The first-order valence-electron chi connectivity index (χ1n) is 7.12. The molecule has 0 saturated heterocycles. The average molecular weight is 296 g/mol. The van der Waals surface area contributed by atoms with Gasteiger partial charge in [0.25, 0.3) is 0 Å². The number of alkyl carbamates (subject to hydrolysis) is 1. The van der Waals surface area contributed by atoms with Gasteiger partial charge >= 0.3 is 6.09 Å². The molecule has 0 spiro atoms. The van der Waals surface area contributed by atoms with Gasteiger partial charge in [-0.25, -0.2) is 4.79 Å². The fraction of sp³-hybridized carbons (Fsp3) is 0.667. The van der Waals surface area contributed by atoms with E-state index in [1.807, 2.05) is 20.8 Å². The van der Waals surface area contributed by atoms with Crippen molar-refractivity contribution >= 4 is 17.4 Å². The Hall–Kier alpha value is -1.07. The minimum absolute atomic E-state index is 0.234. The van der Waals surface area contributed by atoms with E-state index in [0.29, 0.717) is 12.1 Å². The molecule has 1 aromatic heterocycles. The number of thiophene rings is 1. The molecule has 0 radical (unpaired) electrons. The van der Waals surface area contributed by atoms with Crippen molar-refractivity contribution in [3.8, 4) is 0 Å². The minimum Gasteiger partial charge on any atom is -0.444 e. The Morgan fingerprint density at radius 1 is 1.40 bits per heavy atom. The van der Waals surface area contributed by atoms with Crippen LogP contribution in [0.4, 0.5) is 4.79 Å². The molecule has 1 aliphatic rings. The van der Waals surface area contributed by atoms with Crippen molar-refractivity contribution in [3.63, 3.8) is 0 Å². The lowest BCUT2D eigenvalue weighted by Gasteiger charge is -2.38. The maximum absolute atomic E-state index is 11.6. The Morgan fingerprint density at radius 2 is 2.10 bits per heavy atom. The molecule has 1 fully saturated rings. The van der Waals surface area contributed by atoms with Gasteiger partial charge in [0.2, 0.25) is 0 Å². The zero-order valence-electron chi connectivity index (χ0n) is 12.6. The lowest BCUT2D eigenvalue weighted by atomic mass is 9.86. The Kier molecular flexibility index (Phi) is 4.70. The van der Waals surface area contributed by atoms with Crippen LogP contribution in [0.5, 0.6) is 0 Å².